The lowest BCUT2D eigenvalue weighted by molar-refractivity contribution is 0.0952. The van der Waals surface area contributed by atoms with E-state index in [4.69, 9.17) is 5.84 Å². The van der Waals surface area contributed by atoms with Crippen LogP contribution in [0.5, 0.6) is 0 Å². The Bertz CT molecular complexity index is 616. The number of para-hydroxylation sites is 1. The highest BCUT2D eigenvalue weighted by Crippen LogP contribution is 2.20. The third-order valence-corrected chi connectivity index (χ3v) is 3.06. The van der Waals surface area contributed by atoms with E-state index in [2.05, 4.69) is 5.43 Å². The van der Waals surface area contributed by atoms with E-state index in [0.717, 1.165) is 5.56 Å². The normalized spacial score (nSPS) is 10.2. The molecule has 0 heterocycles. The first-order valence-corrected chi connectivity index (χ1v) is 6.18. The van der Waals surface area contributed by atoms with Crippen molar-refractivity contribution in [3.05, 3.63) is 65.5 Å². The number of nitrogens with one attached hydrogen (secondary N) is 1. The van der Waals surface area contributed by atoms with Crippen LogP contribution < -0.4 is 16.2 Å². The SMILES string of the molecule is CN(Cc1ccccc1C(=O)NN)c1ccccc1F. The molecule has 5 heteroatoms. The standard InChI is InChI=1S/C15H16FN3O/c1-19(14-9-5-4-8-13(14)16)10-11-6-2-3-7-12(11)15(20)18-17/h2-9H,10,17H2,1H3,(H,18,20). The van der Waals surface area contributed by atoms with E-state index in [1.165, 1.54) is 6.07 Å². The molecule has 0 saturated carbocycles. The van der Waals surface area contributed by atoms with Gasteiger partial charge in [-0.3, -0.25) is 10.2 Å². The average molecular weight is 273 g/mol. The minimum atomic E-state index is -0.359. The third-order valence-electron chi connectivity index (χ3n) is 3.06. The second-order valence-corrected chi connectivity index (χ2v) is 4.44. The second kappa shape index (κ2) is 6.16. The molecule has 20 heavy (non-hydrogen) atoms. The lowest BCUT2D eigenvalue weighted by atomic mass is 10.1. The van der Waals surface area contributed by atoms with Gasteiger partial charge in [0.25, 0.3) is 5.91 Å². The van der Waals surface area contributed by atoms with Gasteiger partial charge in [-0.25, -0.2) is 10.2 Å². The molecule has 0 aliphatic heterocycles. The van der Waals surface area contributed by atoms with Crippen molar-refractivity contribution in [3.63, 3.8) is 0 Å². The Balaban J connectivity index is 2.26. The molecule has 0 unspecified atom stereocenters. The number of hydrogen-bond donors (Lipinski definition) is 2. The number of anilines is 1. The number of halogens is 1. The number of hydrazine groups is 1. The van der Waals surface area contributed by atoms with Crippen molar-refractivity contribution in [2.45, 2.75) is 6.54 Å². The van der Waals surface area contributed by atoms with Crippen molar-refractivity contribution in [3.8, 4) is 0 Å². The molecule has 0 aliphatic carbocycles. The van der Waals surface area contributed by atoms with Crippen molar-refractivity contribution in [1.82, 2.24) is 5.43 Å². The summed E-state index contributed by atoms with van der Waals surface area (Å²) in [6, 6.07) is 13.6. The predicted molar refractivity (Wildman–Crippen MR) is 76.6 cm³/mol. The van der Waals surface area contributed by atoms with Crippen molar-refractivity contribution in [1.29, 1.82) is 0 Å². The van der Waals surface area contributed by atoms with Gasteiger partial charge in [0.05, 0.1) is 5.69 Å². The molecule has 0 atom stereocenters. The van der Waals surface area contributed by atoms with Crippen LogP contribution in [0.2, 0.25) is 0 Å². The van der Waals surface area contributed by atoms with Crippen molar-refractivity contribution in [2.24, 2.45) is 5.84 Å². The van der Waals surface area contributed by atoms with Gasteiger partial charge in [-0.05, 0) is 23.8 Å². The van der Waals surface area contributed by atoms with E-state index in [1.54, 1.807) is 42.3 Å². The maximum Gasteiger partial charge on any atom is 0.265 e. The van der Waals surface area contributed by atoms with Gasteiger partial charge in [-0.2, -0.15) is 0 Å². The van der Waals surface area contributed by atoms with Crippen LogP contribution in [0.4, 0.5) is 10.1 Å². The highest BCUT2D eigenvalue weighted by atomic mass is 19.1. The van der Waals surface area contributed by atoms with E-state index >= 15 is 0 Å². The molecule has 2 rings (SSSR count). The molecule has 2 aromatic carbocycles. The molecule has 0 aliphatic rings. The van der Waals surface area contributed by atoms with E-state index in [9.17, 15) is 9.18 Å². The number of hydrogen-bond acceptors (Lipinski definition) is 3. The largest absolute Gasteiger partial charge is 0.368 e. The van der Waals surface area contributed by atoms with Gasteiger partial charge in [-0.15, -0.1) is 0 Å². The molecular formula is C15H16FN3O. The first kappa shape index (κ1) is 14.0. The van der Waals surface area contributed by atoms with Gasteiger partial charge < -0.3 is 4.90 Å². The number of nitrogens with two attached hydrogens (primary N) is 1. The van der Waals surface area contributed by atoms with Gasteiger partial charge in [0.15, 0.2) is 0 Å². The fourth-order valence-electron chi connectivity index (χ4n) is 2.06. The number of nitrogens with zero attached hydrogens (tertiary/aromatic N) is 1. The lowest BCUT2D eigenvalue weighted by Crippen LogP contribution is -2.31. The van der Waals surface area contributed by atoms with Crippen LogP contribution in [0.1, 0.15) is 15.9 Å². The summed E-state index contributed by atoms with van der Waals surface area (Å²) in [6.07, 6.45) is 0. The van der Waals surface area contributed by atoms with Gasteiger partial charge in [0.2, 0.25) is 0 Å². The number of rotatable bonds is 4. The molecular weight excluding hydrogens is 257 g/mol. The number of nitrogen functional groups attached to an aromatic ring is 1. The number of carbonyl (C=O) groups excluding carboxylic acids is 1. The third kappa shape index (κ3) is 2.95. The summed E-state index contributed by atoms with van der Waals surface area (Å²) < 4.78 is 13.7. The lowest BCUT2D eigenvalue weighted by Gasteiger charge is -2.21. The monoisotopic (exact) mass is 273 g/mol. The fraction of sp³-hybridized carbons (Fsp3) is 0.133. The Morgan fingerprint density at radius 1 is 1.20 bits per heavy atom. The summed E-state index contributed by atoms with van der Waals surface area (Å²) in [5, 5.41) is 0. The molecule has 0 fully saturated rings. The fourth-order valence-corrected chi connectivity index (χ4v) is 2.06. The zero-order chi connectivity index (χ0) is 14.5. The maximum absolute atomic E-state index is 13.7. The van der Waals surface area contributed by atoms with Crippen LogP contribution >= 0.6 is 0 Å². The van der Waals surface area contributed by atoms with Gasteiger partial charge >= 0.3 is 0 Å². The summed E-state index contributed by atoms with van der Waals surface area (Å²) in [5.74, 6) is 4.51. The quantitative estimate of drug-likeness (QED) is 0.509. The first-order chi connectivity index (χ1) is 9.63. The zero-order valence-electron chi connectivity index (χ0n) is 11.1. The minimum Gasteiger partial charge on any atom is -0.368 e. The molecule has 2 aromatic rings. The minimum absolute atomic E-state index is 0.296. The molecule has 3 N–H and O–H groups in total. The molecule has 0 saturated heterocycles. The van der Waals surface area contributed by atoms with Crippen molar-refractivity contribution in [2.75, 3.05) is 11.9 Å². The van der Waals surface area contributed by atoms with E-state index in [1.807, 2.05) is 12.1 Å². The topological polar surface area (TPSA) is 58.4 Å². The zero-order valence-corrected chi connectivity index (χ0v) is 11.1. The molecule has 104 valence electrons. The summed E-state index contributed by atoms with van der Waals surface area (Å²) in [4.78, 5) is 13.4. The van der Waals surface area contributed by atoms with Crippen molar-refractivity contribution < 1.29 is 9.18 Å². The van der Waals surface area contributed by atoms with Crippen LogP contribution in [-0.4, -0.2) is 13.0 Å². The highest BCUT2D eigenvalue weighted by Gasteiger charge is 2.13. The molecule has 4 nitrogen and oxygen atoms in total. The maximum atomic E-state index is 13.7. The van der Waals surface area contributed by atoms with Crippen LogP contribution in [0.3, 0.4) is 0 Å². The molecule has 0 radical (unpaired) electrons. The van der Waals surface area contributed by atoms with E-state index in [-0.39, 0.29) is 11.7 Å². The first-order valence-electron chi connectivity index (χ1n) is 6.18. The summed E-state index contributed by atoms with van der Waals surface area (Å²) in [6.45, 7) is 0.407. The smallest absolute Gasteiger partial charge is 0.265 e. The van der Waals surface area contributed by atoms with Crippen LogP contribution in [-0.2, 0) is 6.54 Å². The van der Waals surface area contributed by atoms with Crippen molar-refractivity contribution >= 4 is 11.6 Å². The molecule has 0 bridgehead atoms. The highest BCUT2D eigenvalue weighted by molar-refractivity contribution is 5.95. The molecule has 0 aromatic heterocycles. The summed E-state index contributed by atoms with van der Waals surface area (Å²) >= 11 is 0. The second-order valence-electron chi connectivity index (χ2n) is 4.44. The number of carbonyl (C=O) groups is 1. The van der Waals surface area contributed by atoms with Gasteiger partial charge in [0, 0.05) is 19.2 Å². The Labute approximate surface area is 117 Å². The molecule has 0 spiro atoms. The van der Waals surface area contributed by atoms with Crippen LogP contribution in [0.25, 0.3) is 0 Å². The van der Waals surface area contributed by atoms with Gasteiger partial charge in [-0.1, -0.05) is 30.3 Å². The van der Waals surface area contributed by atoms with Crippen LogP contribution in [0.15, 0.2) is 48.5 Å². The Morgan fingerprint density at radius 3 is 2.55 bits per heavy atom. The van der Waals surface area contributed by atoms with Gasteiger partial charge in [0.1, 0.15) is 5.82 Å². The summed E-state index contributed by atoms with van der Waals surface area (Å²) in [5.41, 5.74) is 3.86. The number of benzene rings is 2. The Kier molecular flexibility index (Phi) is 4.32. The predicted octanol–water partition coefficient (Wildman–Crippen LogP) is 2.07. The van der Waals surface area contributed by atoms with E-state index < -0.39 is 0 Å². The summed E-state index contributed by atoms with van der Waals surface area (Å²) in [7, 11) is 1.77. The van der Waals surface area contributed by atoms with E-state index in [0.29, 0.717) is 17.8 Å². The number of amides is 1. The molecule has 1 amide bonds. The Morgan fingerprint density at radius 2 is 1.85 bits per heavy atom. The van der Waals surface area contributed by atoms with Crippen LogP contribution in [0, 0.1) is 5.82 Å². The Hall–Kier alpha value is -2.40. The average Bonchev–Trinajstić information content (AvgIpc) is 2.47.